The lowest BCUT2D eigenvalue weighted by atomic mass is 9.96. The summed E-state index contributed by atoms with van der Waals surface area (Å²) < 4.78 is 11.0. The van der Waals surface area contributed by atoms with Crippen molar-refractivity contribution in [1.29, 1.82) is 0 Å². The Hall–Kier alpha value is -3.13. The maximum Gasteiger partial charge on any atom is 0.231 e. The number of fused-ring (bicyclic) bond motifs is 1. The van der Waals surface area contributed by atoms with Gasteiger partial charge in [-0.3, -0.25) is 4.79 Å². The summed E-state index contributed by atoms with van der Waals surface area (Å²) in [5.74, 6) is 1.89. The molecule has 0 saturated carbocycles. The number of nitrogens with zero attached hydrogens (tertiary/aromatic N) is 3. The zero-order valence-electron chi connectivity index (χ0n) is 15.7. The van der Waals surface area contributed by atoms with E-state index in [0.717, 1.165) is 59.1 Å². The van der Waals surface area contributed by atoms with Gasteiger partial charge in [0, 0.05) is 30.8 Å². The second-order valence-corrected chi connectivity index (χ2v) is 8.09. The van der Waals surface area contributed by atoms with Gasteiger partial charge in [0.05, 0.1) is 10.6 Å². The molecule has 2 aliphatic heterocycles. The Morgan fingerprint density at radius 2 is 2.00 bits per heavy atom. The second-order valence-electron chi connectivity index (χ2n) is 7.14. The van der Waals surface area contributed by atoms with E-state index in [0.29, 0.717) is 5.95 Å². The molecule has 8 heteroatoms. The van der Waals surface area contributed by atoms with Gasteiger partial charge >= 0.3 is 0 Å². The minimum absolute atomic E-state index is 0.0593. The molecule has 0 bridgehead atoms. The third-order valence-corrected chi connectivity index (χ3v) is 6.27. The minimum atomic E-state index is -0.219. The number of carbonyl (C=O) groups excluding carboxylic acids is 1. The molecule has 0 spiro atoms. The van der Waals surface area contributed by atoms with E-state index in [1.807, 2.05) is 35.8 Å². The van der Waals surface area contributed by atoms with Crippen LogP contribution in [0.25, 0.3) is 21.7 Å². The van der Waals surface area contributed by atoms with Crippen LogP contribution in [-0.4, -0.2) is 35.8 Å². The van der Waals surface area contributed by atoms with Crippen molar-refractivity contribution < 1.29 is 14.3 Å². The highest BCUT2D eigenvalue weighted by Gasteiger charge is 2.25. The van der Waals surface area contributed by atoms with Crippen LogP contribution in [0.1, 0.15) is 12.8 Å². The molecule has 5 rings (SSSR count). The Morgan fingerprint density at radius 3 is 2.76 bits per heavy atom. The summed E-state index contributed by atoms with van der Waals surface area (Å²) in [5, 5.41) is 2.04. The molecular weight excluding hydrogens is 388 g/mol. The highest BCUT2D eigenvalue weighted by atomic mass is 32.1. The SMILES string of the molecule is NC(=O)C1CCN(c2ncc(-c3ccc4c(c3)OCO4)c(-c3cccs3)n2)CC1. The minimum Gasteiger partial charge on any atom is -0.454 e. The van der Waals surface area contributed by atoms with Crippen LogP contribution in [0.5, 0.6) is 11.5 Å². The zero-order chi connectivity index (χ0) is 19.8. The van der Waals surface area contributed by atoms with E-state index in [4.69, 9.17) is 20.2 Å². The second kappa shape index (κ2) is 7.36. The number of aromatic nitrogens is 2. The topological polar surface area (TPSA) is 90.6 Å². The summed E-state index contributed by atoms with van der Waals surface area (Å²) in [6.45, 7) is 1.69. The molecule has 0 unspecified atom stereocenters. The van der Waals surface area contributed by atoms with Gasteiger partial charge in [-0.2, -0.15) is 0 Å². The van der Waals surface area contributed by atoms with Crippen LogP contribution in [-0.2, 0) is 4.79 Å². The van der Waals surface area contributed by atoms with Gasteiger partial charge in [0.15, 0.2) is 11.5 Å². The Kier molecular flexibility index (Phi) is 4.55. The molecule has 2 aromatic heterocycles. The number of primary amides is 1. The highest BCUT2D eigenvalue weighted by Crippen LogP contribution is 2.39. The summed E-state index contributed by atoms with van der Waals surface area (Å²) >= 11 is 1.64. The Balaban J connectivity index is 1.51. The average molecular weight is 408 g/mol. The maximum absolute atomic E-state index is 11.4. The Labute approximate surface area is 172 Å². The lowest BCUT2D eigenvalue weighted by molar-refractivity contribution is -0.122. The predicted octanol–water partition coefficient (Wildman–Crippen LogP) is 3.30. The van der Waals surface area contributed by atoms with E-state index in [1.165, 1.54) is 0 Å². The first-order valence-electron chi connectivity index (χ1n) is 9.54. The molecule has 2 N–H and O–H groups in total. The lowest BCUT2D eigenvalue weighted by Gasteiger charge is -2.30. The maximum atomic E-state index is 11.4. The first-order chi connectivity index (χ1) is 14.2. The van der Waals surface area contributed by atoms with Gasteiger partial charge in [0.25, 0.3) is 0 Å². The van der Waals surface area contributed by atoms with Crippen molar-refractivity contribution >= 4 is 23.2 Å². The van der Waals surface area contributed by atoms with Crippen LogP contribution in [0.4, 0.5) is 5.95 Å². The molecule has 0 aliphatic carbocycles. The summed E-state index contributed by atoms with van der Waals surface area (Å²) in [6, 6.07) is 9.96. The summed E-state index contributed by atoms with van der Waals surface area (Å²) in [7, 11) is 0. The number of anilines is 1. The molecule has 7 nitrogen and oxygen atoms in total. The third-order valence-electron chi connectivity index (χ3n) is 5.39. The number of benzene rings is 1. The number of nitrogens with two attached hydrogens (primary N) is 1. The number of carbonyl (C=O) groups is 1. The lowest BCUT2D eigenvalue weighted by Crippen LogP contribution is -2.39. The molecule has 0 atom stereocenters. The van der Waals surface area contributed by atoms with Crippen molar-refractivity contribution in [3.8, 4) is 33.2 Å². The first-order valence-corrected chi connectivity index (χ1v) is 10.4. The molecule has 4 heterocycles. The van der Waals surface area contributed by atoms with Gasteiger partial charge in [0.2, 0.25) is 18.6 Å². The van der Waals surface area contributed by atoms with E-state index in [9.17, 15) is 4.79 Å². The average Bonchev–Trinajstić information content (AvgIpc) is 3.45. The summed E-state index contributed by atoms with van der Waals surface area (Å²) in [5.41, 5.74) is 8.27. The van der Waals surface area contributed by atoms with Gasteiger partial charge in [-0.1, -0.05) is 12.1 Å². The van der Waals surface area contributed by atoms with Crippen molar-refractivity contribution in [2.45, 2.75) is 12.8 Å². The van der Waals surface area contributed by atoms with E-state index in [-0.39, 0.29) is 18.6 Å². The van der Waals surface area contributed by atoms with Crippen LogP contribution in [0.2, 0.25) is 0 Å². The van der Waals surface area contributed by atoms with Crippen molar-refractivity contribution in [3.05, 3.63) is 41.9 Å². The zero-order valence-corrected chi connectivity index (χ0v) is 16.5. The number of hydrogen-bond acceptors (Lipinski definition) is 7. The van der Waals surface area contributed by atoms with Crippen LogP contribution >= 0.6 is 11.3 Å². The normalized spacial score (nSPS) is 16.2. The standard InChI is InChI=1S/C21H20N4O3S/c22-20(26)13-5-7-25(8-6-13)21-23-11-15(19(24-21)18-2-1-9-29-18)14-3-4-16-17(10-14)28-12-27-16/h1-4,9-11,13H,5-8,12H2,(H2,22,26). The van der Waals surface area contributed by atoms with Gasteiger partial charge in [-0.25, -0.2) is 9.97 Å². The van der Waals surface area contributed by atoms with Crippen molar-refractivity contribution in [2.75, 3.05) is 24.8 Å². The first kappa shape index (κ1) is 17.9. The van der Waals surface area contributed by atoms with Gasteiger partial charge < -0.3 is 20.1 Å². The van der Waals surface area contributed by atoms with Gasteiger partial charge in [-0.05, 0) is 42.0 Å². The molecular formula is C21H20N4O3S. The number of rotatable bonds is 4. The van der Waals surface area contributed by atoms with E-state index < -0.39 is 0 Å². The molecule has 1 fully saturated rings. The number of piperidine rings is 1. The Bertz CT molecular complexity index is 1050. The molecule has 2 aliphatic rings. The molecule has 29 heavy (non-hydrogen) atoms. The van der Waals surface area contributed by atoms with Crippen LogP contribution in [0.3, 0.4) is 0 Å². The number of ether oxygens (including phenoxy) is 2. The largest absolute Gasteiger partial charge is 0.454 e. The van der Waals surface area contributed by atoms with Crippen LogP contribution in [0.15, 0.2) is 41.9 Å². The fourth-order valence-electron chi connectivity index (χ4n) is 3.77. The fourth-order valence-corrected chi connectivity index (χ4v) is 4.49. The number of thiophene rings is 1. The third kappa shape index (κ3) is 3.40. The smallest absolute Gasteiger partial charge is 0.231 e. The van der Waals surface area contributed by atoms with Gasteiger partial charge in [0.1, 0.15) is 0 Å². The molecule has 148 valence electrons. The predicted molar refractivity (Wildman–Crippen MR) is 111 cm³/mol. The molecule has 1 aromatic carbocycles. The molecule has 3 aromatic rings. The number of amides is 1. The summed E-state index contributed by atoms with van der Waals surface area (Å²) in [4.78, 5) is 24.2. The van der Waals surface area contributed by atoms with E-state index >= 15 is 0 Å². The Morgan fingerprint density at radius 1 is 1.17 bits per heavy atom. The summed E-state index contributed by atoms with van der Waals surface area (Å²) in [6.07, 6.45) is 3.34. The molecule has 0 radical (unpaired) electrons. The van der Waals surface area contributed by atoms with Gasteiger partial charge in [-0.15, -0.1) is 11.3 Å². The number of hydrogen-bond donors (Lipinski definition) is 1. The van der Waals surface area contributed by atoms with E-state index in [2.05, 4.69) is 16.0 Å². The molecule has 1 amide bonds. The van der Waals surface area contributed by atoms with Crippen LogP contribution in [0, 0.1) is 5.92 Å². The van der Waals surface area contributed by atoms with Crippen LogP contribution < -0.4 is 20.1 Å². The molecule has 1 saturated heterocycles. The van der Waals surface area contributed by atoms with E-state index in [1.54, 1.807) is 11.3 Å². The fraction of sp³-hybridized carbons (Fsp3) is 0.286. The highest BCUT2D eigenvalue weighted by molar-refractivity contribution is 7.13. The van der Waals surface area contributed by atoms with Crippen molar-refractivity contribution in [2.24, 2.45) is 11.7 Å². The van der Waals surface area contributed by atoms with Crippen molar-refractivity contribution in [3.63, 3.8) is 0 Å². The quantitative estimate of drug-likeness (QED) is 0.712. The van der Waals surface area contributed by atoms with Crippen molar-refractivity contribution in [1.82, 2.24) is 9.97 Å². The monoisotopic (exact) mass is 408 g/mol.